The van der Waals surface area contributed by atoms with E-state index in [1.807, 2.05) is 0 Å². The summed E-state index contributed by atoms with van der Waals surface area (Å²) in [7, 11) is 0. The lowest BCUT2D eigenvalue weighted by molar-refractivity contribution is -0.697. The van der Waals surface area contributed by atoms with Crippen molar-refractivity contribution in [3.05, 3.63) is 90.5 Å². The summed E-state index contributed by atoms with van der Waals surface area (Å²) in [5.74, 6) is 0. The zero-order chi connectivity index (χ0) is 34.0. The van der Waals surface area contributed by atoms with E-state index in [-0.39, 0.29) is 5.41 Å². The molecule has 1 heterocycles. The van der Waals surface area contributed by atoms with Crippen molar-refractivity contribution >= 4 is 0 Å². The molecule has 2 unspecified atom stereocenters. The number of nitrogens with zero attached hydrogens (tertiary/aromatic N) is 2. The summed E-state index contributed by atoms with van der Waals surface area (Å²) < 4.78 is 5.06. The number of rotatable bonds is 30. The van der Waals surface area contributed by atoms with Gasteiger partial charge in [0.1, 0.15) is 18.4 Å². The second kappa shape index (κ2) is 25.6. The van der Waals surface area contributed by atoms with Gasteiger partial charge in [-0.1, -0.05) is 210 Å². The largest absolute Gasteiger partial charge is 0.244 e. The van der Waals surface area contributed by atoms with Gasteiger partial charge in [0, 0.05) is 5.41 Å². The molecule has 268 valence electrons. The Labute approximate surface area is 298 Å². The third-order valence-corrected chi connectivity index (χ3v) is 11.0. The van der Waals surface area contributed by atoms with Crippen molar-refractivity contribution in [3.8, 4) is 0 Å². The lowest BCUT2D eigenvalue weighted by atomic mass is 9.70. The third-order valence-electron chi connectivity index (χ3n) is 11.0. The van der Waals surface area contributed by atoms with Crippen LogP contribution in [0.3, 0.4) is 0 Å². The summed E-state index contributed by atoms with van der Waals surface area (Å²) in [6.07, 6.45) is 41.6. The fourth-order valence-corrected chi connectivity index (χ4v) is 7.91. The van der Waals surface area contributed by atoms with Gasteiger partial charge in [-0.15, -0.1) is 0 Å². The first-order chi connectivity index (χ1) is 23.7. The minimum absolute atomic E-state index is 0.00772. The van der Waals surface area contributed by atoms with E-state index in [1.54, 1.807) is 0 Å². The molecule has 2 nitrogen and oxygen atoms in total. The molecule has 2 heteroatoms. The zero-order valence-electron chi connectivity index (χ0n) is 31.9. The van der Waals surface area contributed by atoms with Gasteiger partial charge in [0.2, 0.25) is 6.33 Å². The fraction of sp³-hybridized carbons (Fsp3) is 0.674. The van der Waals surface area contributed by atoms with Crippen molar-refractivity contribution in [2.45, 2.75) is 199 Å². The molecule has 2 aromatic carbocycles. The predicted octanol–water partition coefficient (Wildman–Crippen LogP) is 13.9. The molecular weight excluding hydrogens is 581 g/mol. The molecule has 2 atom stereocenters. The Kier molecular flexibility index (Phi) is 21.4. The van der Waals surface area contributed by atoms with Crippen LogP contribution < -0.4 is 4.57 Å². The quantitative estimate of drug-likeness (QED) is 0.0499. The van der Waals surface area contributed by atoms with Crippen LogP contribution >= 0.6 is 0 Å². The average molecular weight is 656 g/mol. The number of aryl methyl sites for hydroxylation is 1. The predicted molar refractivity (Wildman–Crippen MR) is 210 cm³/mol. The molecule has 3 rings (SSSR count). The number of hydrogen-bond acceptors (Lipinski definition) is 0. The number of hydrogen-bond donors (Lipinski definition) is 0. The monoisotopic (exact) mass is 656 g/mol. The maximum absolute atomic E-state index is 2.59. The maximum Gasteiger partial charge on any atom is 0.244 e. The van der Waals surface area contributed by atoms with Crippen LogP contribution in [0.25, 0.3) is 0 Å². The van der Waals surface area contributed by atoms with Gasteiger partial charge < -0.3 is 0 Å². The molecule has 0 aliphatic rings. The van der Waals surface area contributed by atoms with E-state index < -0.39 is 0 Å². The summed E-state index contributed by atoms with van der Waals surface area (Å²) >= 11 is 0. The van der Waals surface area contributed by atoms with Crippen LogP contribution in [-0.2, 0) is 18.4 Å². The van der Waals surface area contributed by atoms with Gasteiger partial charge in [0.05, 0.1) is 6.54 Å². The van der Waals surface area contributed by atoms with Gasteiger partial charge in [-0.25, -0.2) is 9.13 Å². The van der Waals surface area contributed by atoms with Crippen molar-refractivity contribution < 1.29 is 4.57 Å². The first kappa shape index (κ1) is 40.1. The lowest BCUT2D eigenvalue weighted by Gasteiger charge is -2.37. The molecule has 0 N–H and O–H groups in total. The normalized spacial score (nSPS) is 13.5. The molecule has 1 aromatic heterocycles. The van der Waals surface area contributed by atoms with Crippen molar-refractivity contribution in [2.24, 2.45) is 0 Å². The number of aromatic nitrogens is 2. The van der Waals surface area contributed by atoms with Gasteiger partial charge in [-0.2, -0.15) is 0 Å². The Morgan fingerprint density at radius 2 is 0.979 bits per heavy atom. The average Bonchev–Trinajstić information content (AvgIpc) is 3.58. The van der Waals surface area contributed by atoms with Crippen LogP contribution in [0, 0.1) is 0 Å². The molecule has 48 heavy (non-hydrogen) atoms. The fourth-order valence-electron chi connectivity index (χ4n) is 7.91. The highest BCUT2D eigenvalue weighted by Gasteiger charge is 2.40. The van der Waals surface area contributed by atoms with Crippen LogP contribution in [-0.4, -0.2) is 4.57 Å². The van der Waals surface area contributed by atoms with Gasteiger partial charge in [0.25, 0.3) is 0 Å². The molecule has 0 aliphatic carbocycles. The van der Waals surface area contributed by atoms with Crippen molar-refractivity contribution in [1.82, 2.24) is 4.57 Å². The topological polar surface area (TPSA) is 8.81 Å². The first-order valence-corrected chi connectivity index (χ1v) is 20.8. The minimum Gasteiger partial charge on any atom is -0.237 e. The van der Waals surface area contributed by atoms with E-state index in [0.717, 1.165) is 13.0 Å². The van der Waals surface area contributed by atoms with E-state index in [2.05, 4.69) is 109 Å². The molecule has 3 aromatic rings. The molecular formula is C46H75N2+. The summed E-state index contributed by atoms with van der Waals surface area (Å²) in [6, 6.07) is 23.0. The molecule has 0 amide bonds. The molecule has 0 saturated heterocycles. The number of benzene rings is 2. The van der Waals surface area contributed by atoms with Crippen LogP contribution in [0.2, 0.25) is 0 Å². The molecule has 0 fully saturated rings. The Morgan fingerprint density at radius 1 is 0.542 bits per heavy atom. The van der Waals surface area contributed by atoms with E-state index >= 15 is 0 Å². The van der Waals surface area contributed by atoms with Crippen LogP contribution in [0.5, 0.6) is 0 Å². The van der Waals surface area contributed by atoms with Crippen molar-refractivity contribution in [3.63, 3.8) is 0 Å². The van der Waals surface area contributed by atoms with Crippen molar-refractivity contribution in [1.29, 1.82) is 0 Å². The lowest BCUT2D eigenvalue weighted by Crippen LogP contribution is -2.38. The minimum atomic E-state index is 0.00772. The second-order valence-corrected chi connectivity index (χ2v) is 15.3. The standard InChI is InChI=1S/C46H75N2/c1-4-6-8-10-12-14-16-17-19-21-23-31-37-45(46(3,44-35-29-26-30-36-44)41-43-33-27-25-28-34-43)48-40-39-47(42-48)38-32-24-22-20-18-15-13-11-9-7-5-2/h25-30,33-36,39-40,42,45H,4-24,31-32,37-38,41H2,1-3H3/q+1. The van der Waals surface area contributed by atoms with Gasteiger partial charge in [-0.3, -0.25) is 0 Å². The Morgan fingerprint density at radius 3 is 1.48 bits per heavy atom. The molecule has 0 spiro atoms. The van der Waals surface area contributed by atoms with Crippen LogP contribution in [0.1, 0.15) is 192 Å². The molecule has 0 radical (unpaired) electrons. The Balaban J connectivity index is 1.56. The van der Waals surface area contributed by atoms with E-state index in [4.69, 9.17) is 0 Å². The summed E-state index contributed by atoms with van der Waals surface area (Å²) in [5, 5.41) is 0. The Hall–Kier alpha value is -2.35. The number of unbranched alkanes of at least 4 members (excludes halogenated alkanes) is 21. The summed E-state index contributed by atoms with van der Waals surface area (Å²) in [6.45, 7) is 8.29. The molecule has 0 aliphatic heterocycles. The SMILES string of the molecule is CCCCCCCCCCCCCCC(n1cc[n+](CCCCCCCCCCCCC)c1)C(C)(Cc1ccccc1)c1ccccc1. The maximum atomic E-state index is 2.59. The molecule has 0 saturated carbocycles. The van der Waals surface area contributed by atoms with E-state index in [0.29, 0.717) is 6.04 Å². The smallest absolute Gasteiger partial charge is 0.237 e. The highest BCUT2D eigenvalue weighted by molar-refractivity contribution is 5.30. The molecule has 0 bridgehead atoms. The van der Waals surface area contributed by atoms with E-state index in [1.165, 1.54) is 165 Å². The van der Waals surface area contributed by atoms with Gasteiger partial charge in [0.15, 0.2) is 0 Å². The zero-order valence-corrected chi connectivity index (χ0v) is 31.9. The Bertz CT molecular complexity index is 1140. The van der Waals surface area contributed by atoms with Crippen LogP contribution in [0.4, 0.5) is 0 Å². The van der Waals surface area contributed by atoms with Gasteiger partial charge in [-0.05, 0) is 43.2 Å². The second-order valence-electron chi connectivity index (χ2n) is 15.3. The van der Waals surface area contributed by atoms with E-state index in [9.17, 15) is 0 Å². The van der Waals surface area contributed by atoms with Crippen LogP contribution in [0.15, 0.2) is 79.4 Å². The summed E-state index contributed by atoms with van der Waals surface area (Å²) in [5.41, 5.74) is 2.90. The summed E-state index contributed by atoms with van der Waals surface area (Å²) in [4.78, 5) is 0. The number of imidazole rings is 1. The highest BCUT2D eigenvalue weighted by atomic mass is 15.1. The van der Waals surface area contributed by atoms with Gasteiger partial charge >= 0.3 is 0 Å². The third kappa shape index (κ3) is 15.9. The van der Waals surface area contributed by atoms with Crippen molar-refractivity contribution in [2.75, 3.05) is 0 Å². The highest BCUT2D eigenvalue weighted by Crippen LogP contribution is 2.41. The first-order valence-electron chi connectivity index (χ1n) is 20.8.